The van der Waals surface area contributed by atoms with E-state index in [1.807, 2.05) is 0 Å². The number of halogens is 1. The molecule has 0 saturated carbocycles. The molecular weight excluding hydrogens is 380 g/mol. The molecule has 0 fully saturated rings. The van der Waals surface area contributed by atoms with Crippen LogP contribution in [-0.2, 0) is 32.7 Å². The summed E-state index contributed by atoms with van der Waals surface area (Å²) in [6, 6.07) is 13.4. The molecular formula is C16H19FO3SY. The van der Waals surface area contributed by atoms with Crippen LogP contribution in [0.2, 0.25) is 0 Å². The van der Waals surface area contributed by atoms with Gasteiger partial charge in [-0.1, -0.05) is 19.1 Å². The zero-order valence-electron chi connectivity index (χ0n) is 12.6. The van der Waals surface area contributed by atoms with Crippen molar-refractivity contribution in [3.8, 4) is 11.5 Å². The predicted molar refractivity (Wildman–Crippen MR) is 83.7 cm³/mol. The molecule has 0 aromatic heterocycles. The average Bonchev–Trinajstić information content (AvgIpc) is 2.55. The second kappa shape index (κ2) is 11.9. The van der Waals surface area contributed by atoms with Crippen molar-refractivity contribution in [3.63, 3.8) is 0 Å². The molecule has 0 aliphatic rings. The Morgan fingerprint density at radius 2 is 1.64 bits per heavy atom. The second-order valence-corrected chi connectivity index (χ2v) is 4.89. The monoisotopic (exact) mass is 399 g/mol. The maximum atomic E-state index is 12.9. The number of methoxy groups -OCH3 is 1. The third-order valence-electron chi connectivity index (χ3n) is 2.78. The van der Waals surface area contributed by atoms with E-state index in [4.69, 9.17) is 14.4 Å². The van der Waals surface area contributed by atoms with Crippen molar-refractivity contribution < 1.29 is 51.5 Å². The van der Waals surface area contributed by atoms with Crippen molar-refractivity contribution in [2.75, 3.05) is 7.11 Å². The minimum absolute atomic E-state index is 0. The summed E-state index contributed by atoms with van der Waals surface area (Å²) in [7, 11) is 1.61. The van der Waals surface area contributed by atoms with Gasteiger partial charge >= 0.3 is 0 Å². The van der Waals surface area contributed by atoms with Crippen LogP contribution in [-0.4, -0.2) is 16.8 Å². The molecule has 2 aromatic rings. The first-order valence-electron chi connectivity index (χ1n) is 6.49. The van der Waals surface area contributed by atoms with Gasteiger partial charge in [0.1, 0.15) is 17.7 Å². The summed E-state index contributed by atoms with van der Waals surface area (Å²) < 4.78 is 26.4. The molecule has 117 valence electrons. The summed E-state index contributed by atoms with van der Waals surface area (Å²) in [6.07, 6.45) is -0.430. The van der Waals surface area contributed by atoms with Gasteiger partial charge in [-0.2, -0.15) is 0 Å². The van der Waals surface area contributed by atoms with Crippen LogP contribution in [0.5, 0.6) is 11.5 Å². The number of benzene rings is 2. The molecule has 22 heavy (non-hydrogen) atoms. The number of phenolic OH excluding ortho intramolecular Hbond substituents is 1. The van der Waals surface area contributed by atoms with Gasteiger partial charge in [0.05, 0.1) is 7.11 Å². The van der Waals surface area contributed by atoms with Crippen molar-refractivity contribution in [2.24, 2.45) is 0 Å². The fraction of sp³-hybridized carbons (Fsp3) is 0.250. The van der Waals surface area contributed by atoms with Gasteiger partial charge in [0.2, 0.25) is 0 Å². The summed E-state index contributed by atoms with van der Waals surface area (Å²) in [4.78, 5) is 0.820. The third-order valence-corrected chi connectivity index (χ3v) is 3.26. The van der Waals surface area contributed by atoms with Gasteiger partial charge < -0.3 is 14.4 Å². The van der Waals surface area contributed by atoms with Gasteiger partial charge in [0.25, 0.3) is 0 Å². The van der Waals surface area contributed by atoms with Gasteiger partial charge in [-0.3, -0.25) is 0 Å². The number of aromatic hydroxyl groups is 1. The Balaban J connectivity index is 0.000000385. The Morgan fingerprint density at radius 3 is 2.05 bits per heavy atom. The van der Waals surface area contributed by atoms with Crippen LogP contribution in [0.25, 0.3) is 0 Å². The zero-order valence-corrected chi connectivity index (χ0v) is 16.2. The Bertz CT molecular complexity index is 497. The minimum atomic E-state index is -0.907. The third kappa shape index (κ3) is 7.59. The number of phenols is 1. The van der Waals surface area contributed by atoms with Crippen molar-refractivity contribution in [1.82, 2.24) is 0 Å². The first-order valence-corrected chi connectivity index (χ1v) is 7.26. The summed E-state index contributed by atoms with van der Waals surface area (Å²) in [5.74, 6) is 0.981. The topological polar surface area (TPSA) is 49.7 Å². The minimum Gasteiger partial charge on any atom is -0.508 e. The van der Waals surface area contributed by atoms with Crippen LogP contribution in [0.1, 0.15) is 25.1 Å². The van der Waals surface area contributed by atoms with E-state index in [1.165, 1.54) is 12.1 Å². The van der Waals surface area contributed by atoms with E-state index in [-0.39, 0.29) is 38.5 Å². The SMILES string of the molecule is CCC(F)c1ccc(O)cc1.COc1ccc(SO)cc1.[Y]. The molecule has 2 aromatic carbocycles. The van der Waals surface area contributed by atoms with E-state index in [0.717, 1.165) is 22.7 Å². The number of alkyl halides is 1. The van der Waals surface area contributed by atoms with Crippen molar-refractivity contribution in [3.05, 3.63) is 54.1 Å². The molecule has 0 spiro atoms. The number of ether oxygens (including phenoxy) is 1. The molecule has 1 atom stereocenters. The van der Waals surface area contributed by atoms with Crippen molar-refractivity contribution >= 4 is 12.0 Å². The van der Waals surface area contributed by atoms with Gasteiger partial charge in [0.15, 0.2) is 0 Å². The Labute approximate surface area is 160 Å². The molecule has 2 rings (SSSR count). The number of hydrogen-bond donors (Lipinski definition) is 2. The van der Waals surface area contributed by atoms with E-state index in [2.05, 4.69) is 0 Å². The summed E-state index contributed by atoms with van der Waals surface area (Å²) in [5, 5.41) is 8.89. The van der Waals surface area contributed by atoms with Crippen molar-refractivity contribution in [1.29, 1.82) is 0 Å². The van der Waals surface area contributed by atoms with Crippen LogP contribution >= 0.6 is 12.0 Å². The second-order valence-electron chi connectivity index (χ2n) is 4.23. The first-order chi connectivity index (χ1) is 10.1. The molecule has 3 nitrogen and oxygen atoms in total. The van der Waals surface area contributed by atoms with E-state index in [1.54, 1.807) is 50.4 Å². The Morgan fingerprint density at radius 1 is 1.09 bits per heavy atom. The van der Waals surface area contributed by atoms with E-state index in [0.29, 0.717) is 12.0 Å². The molecule has 1 unspecified atom stereocenters. The smallest absolute Gasteiger partial charge is 0.125 e. The molecule has 0 amide bonds. The largest absolute Gasteiger partial charge is 0.508 e. The fourth-order valence-corrected chi connectivity index (χ4v) is 1.81. The molecule has 0 heterocycles. The normalized spacial score (nSPS) is 10.7. The molecule has 6 heteroatoms. The quantitative estimate of drug-likeness (QED) is 0.705. The van der Waals surface area contributed by atoms with Gasteiger partial charge in [-0.05, 0) is 48.4 Å². The van der Waals surface area contributed by atoms with Gasteiger partial charge in [-0.25, -0.2) is 4.39 Å². The van der Waals surface area contributed by atoms with E-state index in [9.17, 15) is 4.39 Å². The molecule has 2 N–H and O–H groups in total. The standard InChI is InChI=1S/C9H11FO.C7H8O2S.Y/c1-2-9(10)7-3-5-8(11)6-4-7;1-9-6-2-4-7(10-8)5-3-6;/h3-6,9,11H,2H2,1H3;2-5,8H,1H3;. The summed E-state index contributed by atoms with van der Waals surface area (Å²) in [5.41, 5.74) is 0.630. The maximum Gasteiger partial charge on any atom is 0.125 e. The average molecular weight is 399 g/mol. The Kier molecular flexibility index (Phi) is 11.6. The van der Waals surface area contributed by atoms with Crippen LogP contribution in [0.15, 0.2) is 53.4 Å². The van der Waals surface area contributed by atoms with Crippen LogP contribution in [0.4, 0.5) is 4.39 Å². The molecule has 0 bridgehead atoms. The van der Waals surface area contributed by atoms with Crippen LogP contribution in [0, 0.1) is 0 Å². The summed E-state index contributed by atoms with van der Waals surface area (Å²) in [6.45, 7) is 1.79. The maximum absolute atomic E-state index is 12.9. The number of hydrogen-bond acceptors (Lipinski definition) is 4. The molecule has 0 aliphatic carbocycles. The van der Waals surface area contributed by atoms with E-state index >= 15 is 0 Å². The molecule has 1 radical (unpaired) electrons. The predicted octanol–water partition coefficient (Wildman–Crippen LogP) is 5.07. The van der Waals surface area contributed by atoms with Crippen molar-refractivity contribution in [2.45, 2.75) is 24.4 Å². The Hall–Kier alpha value is -0.616. The first kappa shape index (κ1) is 21.4. The van der Waals surface area contributed by atoms with E-state index < -0.39 is 6.17 Å². The zero-order chi connectivity index (χ0) is 15.7. The summed E-state index contributed by atoms with van der Waals surface area (Å²) >= 11 is 0.732. The number of rotatable bonds is 4. The van der Waals surface area contributed by atoms with Crippen LogP contribution in [0.3, 0.4) is 0 Å². The van der Waals surface area contributed by atoms with Crippen LogP contribution < -0.4 is 4.74 Å². The van der Waals surface area contributed by atoms with Gasteiger partial charge in [-0.15, -0.1) is 0 Å². The molecule has 0 aliphatic heterocycles. The van der Waals surface area contributed by atoms with Gasteiger partial charge in [0, 0.05) is 49.6 Å². The molecule has 0 saturated heterocycles. The fourth-order valence-electron chi connectivity index (χ4n) is 1.56.